The zero-order valence-corrected chi connectivity index (χ0v) is 18.7. The van der Waals surface area contributed by atoms with Crippen molar-refractivity contribution >= 4 is 35.0 Å². The van der Waals surface area contributed by atoms with E-state index < -0.39 is 0 Å². The minimum absolute atomic E-state index is 0.00690. The summed E-state index contributed by atoms with van der Waals surface area (Å²) < 4.78 is 0. The maximum atomic E-state index is 12.0. The Morgan fingerprint density at radius 1 is 1.15 bits per heavy atom. The highest BCUT2D eigenvalue weighted by Gasteiger charge is 2.28. The monoisotopic (exact) mass is 446 g/mol. The first-order chi connectivity index (χ1) is 16.2. The molecular weight excluding hydrogens is 416 g/mol. The zero-order valence-electron chi connectivity index (χ0n) is 18.7. The number of hydrogen-bond acceptors (Lipinski definition) is 6. The number of carbonyl (C=O) groups excluding carboxylic acids is 2. The largest absolute Gasteiger partial charge is 0.370 e. The number of benzene rings is 1. The topological polar surface area (TPSA) is 99.2 Å². The van der Waals surface area contributed by atoms with Gasteiger partial charge in [-0.2, -0.15) is 4.98 Å². The molecule has 172 valence electrons. The number of aromatic nitrogens is 2. The molecule has 33 heavy (non-hydrogen) atoms. The first-order valence-electron chi connectivity index (χ1n) is 11.9. The van der Waals surface area contributed by atoms with Crippen molar-refractivity contribution in [2.24, 2.45) is 5.92 Å². The van der Waals surface area contributed by atoms with Crippen molar-refractivity contribution in [1.82, 2.24) is 15.3 Å². The van der Waals surface area contributed by atoms with E-state index in [0.717, 1.165) is 48.6 Å². The second kappa shape index (κ2) is 9.60. The van der Waals surface area contributed by atoms with Gasteiger partial charge < -0.3 is 20.9 Å². The van der Waals surface area contributed by atoms with Crippen LogP contribution in [0.25, 0.3) is 0 Å². The van der Waals surface area contributed by atoms with E-state index in [1.807, 2.05) is 36.5 Å². The molecule has 0 unspecified atom stereocenters. The highest BCUT2D eigenvalue weighted by molar-refractivity contribution is 6.04. The minimum atomic E-state index is -0.00690. The van der Waals surface area contributed by atoms with Gasteiger partial charge in [0.25, 0.3) is 5.91 Å². The second-order valence-electron chi connectivity index (χ2n) is 9.00. The summed E-state index contributed by atoms with van der Waals surface area (Å²) in [5.41, 5.74) is 2.82. The Balaban J connectivity index is 1.20. The lowest BCUT2D eigenvalue weighted by atomic mass is 9.85. The molecule has 8 nitrogen and oxygen atoms in total. The quantitative estimate of drug-likeness (QED) is 0.481. The molecule has 0 atom stereocenters. The lowest BCUT2D eigenvalue weighted by Crippen LogP contribution is -2.35. The van der Waals surface area contributed by atoms with Crippen LogP contribution in [0.2, 0.25) is 0 Å². The fourth-order valence-corrected chi connectivity index (χ4v) is 4.16. The van der Waals surface area contributed by atoms with E-state index in [9.17, 15) is 9.59 Å². The first-order valence-corrected chi connectivity index (χ1v) is 11.9. The van der Waals surface area contributed by atoms with Crippen LogP contribution < -0.4 is 20.9 Å². The summed E-state index contributed by atoms with van der Waals surface area (Å²) in [7, 11) is 0. The van der Waals surface area contributed by atoms with Gasteiger partial charge in [-0.15, -0.1) is 0 Å². The predicted molar refractivity (Wildman–Crippen MR) is 129 cm³/mol. The van der Waals surface area contributed by atoms with Gasteiger partial charge in [0, 0.05) is 54.8 Å². The normalized spacial score (nSPS) is 17.7. The van der Waals surface area contributed by atoms with Gasteiger partial charge in [-0.3, -0.25) is 9.59 Å². The van der Waals surface area contributed by atoms with E-state index in [2.05, 4.69) is 20.9 Å². The van der Waals surface area contributed by atoms with E-state index in [0.29, 0.717) is 25.0 Å². The maximum absolute atomic E-state index is 12.0. The van der Waals surface area contributed by atoms with Crippen molar-refractivity contribution in [3.05, 3.63) is 48.2 Å². The summed E-state index contributed by atoms with van der Waals surface area (Å²) in [4.78, 5) is 35.0. The molecule has 2 amide bonds. The molecule has 2 aromatic rings. The van der Waals surface area contributed by atoms with Gasteiger partial charge in [-0.05, 0) is 56.2 Å². The highest BCUT2D eigenvalue weighted by atomic mass is 16.2. The van der Waals surface area contributed by atoms with Gasteiger partial charge in [0.05, 0.1) is 0 Å². The van der Waals surface area contributed by atoms with E-state index in [1.165, 1.54) is 19.3 Å². The van der Waals surface area contributed by atoms with Gasteiger partial charge in [0.2, 0.25) is 11.9 Å². The Labute approximate surface area is 193 Å². The van der Waals surface area contributed by atoms with Crippen LogP contribution in [-0.4, -0.2) is 41.4 Å². The van der Waals surface area contributed by atoms with Crippen LogP contribution in [0.1, 0.15) is 50.0 Å². The van der Waals surface area contributed by atoms with Gasteiger partial charge in [0.1, 0.15) is 5.82 Å². The average molecular weight is 447 g/mol. The molecule has 1 aliphatic heterocycles. The molecule has 0 bridgehead atoms. The molecule has 2 heterocycles. The molecule has 0 saturated heterocycles. The molecule has 8 heteroatoms. The number of rotatable bonds is 10. The Morgan fingerprint density at radius 3 is 2.76 bits per heavy atom. The van der Waals surface area contributed by atoms with Gasteiger partial charge in [0.15, 0.2) is 0 Å². The molecule has 0 radical (unpaired) electrons. The van der Waals surface area contributed by atoms with E-state index in [4.69, 9.17) is 4.98 Å². The van der Waals surface area contributed by atoms with E-state index in [-0.39, 0.29) is 17.7 Å². The summed E-state index contributed by atoms with van der Waals surface area (Å²) in [6, 6.07) is 7.71. The highest BCUT2D eigenvalue weighted by Crippen LogP contribution is 2.42. The minimum Gasteiger partial charge on any atom is -0.370 e. The number of nitrogens with one attached hydrogen (secondary N) is 3. The Morgan fingerprint density at radius 2 is 2.03 bits per heavy atom. The van der Waals surface area contributed by atoms with E-state index >= 15 is 0 Å². The Kier molecular flexibility index (Phi) is 6.24. The zero-order chi connectivity index (χ0) is 22.6. The van der Waals surface area contributed by atoms with E-state index in [1.54, 1.807) is 11.0 Å². The molecule has 2 fully saturated rings. The van der Waals surface area contributed by atoms with Crippen LogP contribution in [-0.2, 0) is 9.59 Å². The number of hydrogen-bond donors (Lipinski definition) is 3. The third kappa shape index (κ3) is 5.16. The first kappa shape index (κ1) is 21.4. The number of carbonyl (C=O) groups is 2. The van der Waals surface area contributed by atoms with Crippen molar-refractivity contribution in [2.45, 2.75) is 44.4 Å². The van der Waals surface area contributed by atoms with Crippen LogP contribution in [0.3, 0.4) is 0 Å². The van der Waals surface area contributed by atoms with Crippen molar-refractivity contribution in [3.8, 4) is 0 Å². The lowest BCUT2D eigenvalue weighted by Gasteiger charge is -2.24. The molecular formula is C25H30N6O2. The lowest BCUT2D eigenvalue weighted by molar-refractivity contribution is -0.127. The third-order valence-electron chi connectivity index (χ3n) is 6.48. The van der Waals surface area contributed by atoms with Crippen LogP contribution in [0, 0.1) is 5.92 Å². The Bertz CT molecular complexity index is 1060. The summed E-state index contributed by atoms with van der Waals surface area (Å²) >= 11 is 0. The van der Waals surface area contributed by atoms with Crippen LogP contribution in [0.15, 0.2) is 42.6 Å². The second-order valence-corrected chi connectivity index (χ2v) is 9.00. The predicted octanol–water partition coefficient (Wildman–Crippen LogP) is 3.72. The average Bonchev–Trinajstić information content (AvgIpc) is 3.52. The van der Waals surface area contributed by atoms with Crippen LogP contribution in [0.4, 0.5) is 23.1 Å². The number of anilines is 4. The standard InChI is InChI=1S/C25H30N6O2/c32-22-9-3-14-31(22)20-8-2-7-19(15-20)29-25-28-16-21(17-10-11-17)23(30-25)26-12-4-13-27-24(33)18-5-1-6-18/h2-3,7-9,15-18H,1,4-6,10-14H2,(H,27,33)(H2,26,28,29,30). The maximum Gasteiger partial charge on any atom is 0.251 e. The smallest absolute Gasteiger partial charge is 0.251 e. The van der Waals surface area contributed by atoms with Crippen LogP contribution >= 0.6 is 0 Å². The van der Waals surface area contributed by atoms with Crippen LogP contribution in [0.5, 0.6) is 0 Å². The number of amides is 2. The summed E-state index contributed by atoms with van der Waals surface area (Å²) in [5.74, 6) is 2.32. The van der Waals surface area contributed by atoms with Gasteiger partial charge >= 0.3 is 0 Å². The van der Waals surface area contributed by atoms with Crippen molar-refractivity contribution in [2.75, 3.05) is 35.2 Å². The molecule has 1 aromatic heterocycles. The molecule has 2 saturated carbocycles. The van der Waals surface area contributed by atoms with Gasteiger partial charge in [-0.25, -0.2) is 4.98 Å². The van der Waals surface area contributed by atoms with Gasteiger partial charge in [-0.1, -0.05) is 18.6 Å². The molecule has 1 aromatic carbocycles. The SMILES string of the molecule is O=C(NCCCNc1nc(Nc2cccc(N3CC=CC3=O)c2)ncc1C1CC1)C1CCC1. The molecule has 0 spiro atoms. The Hall–Kier alpha value is -3.42. The fourth-order valence-electron chi connectivity index (χ4n) is 4.16. The molecule has 3 aliphatic rings. The van der Waals surface area contributed by atoms with Crippen molar-refractivity contribution < 1.29 is 9.59 Å². The number of nitrogens with zero attached hydrogens (tertiary/aromatic N) is 3. The van der Waals surface area contributed by atoms with Crippen molar-refractivity contribution in [3.63, 3.8) is 0 Å². The summed E-state index contributed by atoms with van der Waals surface area (Å²) in [6.07, 6.45) is 11.8. The molecule has 2 aliphatic carbocycles. The molecule has 5 rings (SSSR count). The molecule has 3 N–H and O–H groups in total. The fraction of sp³-hybridized carbons (Fsp3) is 0.440. The summed E-state index contributed by atoms with van der Waals surface area (Å²) in [5, 5.41) is 9.76. The third-order valence-corrected chi connectivity index (χ3v) is 6.48. The van der Waals surface area contributed by atoms with Crippen molar-refractivity contribution in [1.29, 1.82) is 0 Å². The summed E-state index contributed by atoms with van der Waals surface area (Å²) in [6.45, 7) is 2.00.